The minimum atomic E-state index is -0.326. The summed E-state index contributed by atoms with van der Waals surface area (Å²) in [4.78, 5) is 24.5. The zero-order valence-electron chi connectivity index (χ0n) is 16.7. The summed E-state index contributed by atoms with van der Waals surface area (Å²) in [5.74, 6) is 0.957. The first-order valence-electron chi connectivity index (χ1n) is 9.84. The third kappa shape index (κ3) is 3.89. The van der Waals surface area contributed by atoms with Crippen LogP contribution in [0.1, 0.15) is 34.7 Å². The number of hydrogen-bond donors (Lipinski definition) is 1. The van der Waals surface area contributed by atoms with Crippen molar-refractivity contribution in [3.8, 4) is 5.75 Å². The third-order valence-electron chi connectivity index (χ3n) is 5.41. The largest absolute Gasteiger partial charge is 0.493 e. The van der Waals surface area contributed by atoms with Crippen LogP contribution in [-0.2, 0) is 27.1 Å². The van der Waals surface area contributed by atoms with E-state index in [1.165, 1.54) is 17.2 Å². The number of ether oxygens (including phenoxy) is 1. The number of hydrogen-bond acceptors (Lipinski definition) is 4. The molecule has 6 nitrogen and oxygen atoms in total. The molecule has 1 N–H and O–H groups in total. The lowest BCUT2D eigenvalue weighted by Gasteiger charge is -2.23. The molecule has 1 atom stereocenters. The predicted molar refractivity (Wildman–Crippen MR) is 112 cm³/mol. The van der Waals surface area contributed by atoms with Crippen molar-refractivity contribution in [1.29, 1.82) is 0 Å². The van der Waals surface area contributed by atoms with Gasteiger partial charge in [-0.3, -0.25) is 9.36 Å². The van der Waals surface area contributed by atoms with Crippen LogP contribution >= 0.6 is 0 Å². The molecule has 6 heteroatoms. The maximum absolute atomic E-state index is 12.5. The van der Waals surface area contributed by atoms with Crippen LogP contribution in [0.2, 0.25) is 0 Å². The summed E-state index contributed by atoms with van der Waals surface area (Å²) < 4.78 is 8.33. The SMILES string of the molecule is Cn1cc(CNC(c2ccccc2)c2ccc3c(c2)CCCO3)c(=O)n(C)c1=O. The molecule has 0 aliphatic carbocycles. The zero-order valence-corrected chi connectivity index (χ0v) is 16.7. The van der Waals surface area contributed by atoms with Crippen LogP contribution in [0.15, 0.2) is 64.3 Å². The Kier molecular flexibility index (Phi) is 5.36. The fourth-order valence-corrected chi connectivity index (χ4v) is 3.85. The molecule has 29 heavy (non-hydrogen) atoms. The van der Waals surface area contributed by atoms with Crippen molar-refractivity contribution in [1.82, 2.24) is 14.5 Å². The quantitative estimate of drug-likeness (QED) is 0.725. The first kappa shape index (κ1) is 19.2. The molecule has 0 fully saturated rings. The van der Waals surface area contributed by atoms with Crippen LogP contribution in [0.3, 0.4) is 0 Å². The predicted octanol–water partition coefficient (Wildman–Crippen LogP) is 2.29. The van der Waals surface area contributed by atoms with Gasteiger partial charge in [0, 0.05) is 32.4 Å². The van der Waals surface area contributed by atoms with E-state index in [-0.39, 0.29) is 17.3 Å². The first-order chi connectivity index (χ1) is 14.0. The summed E-state index contributed by atoms with van der Waals surface area (Å²) in [6.45, 7) is 1.12. The van der Waals surface area contributed by atoms with Gasteiger partial charge in [-0.1, -0.05) is 42.5 Å². The minimum Gasteiger partial charge on any atom is -0.493 e. The van der Waals surface area contributed by atoms with E-state index in [0.717, 1.165) is 40.9 Å². The second-order valence-electron chi connectivity index (χ2n) is 7.46. The highest BCUT2D eigenvalue weighted by Gasteiger charge is 2.18. The molecule has 3 aromatic rings. The maximum atomic E-state index is 12.5. The molecule has 0 spiro atoms. The van der Waals surface area contributed by atoms with Gasteiger partial charge in [0.1, 0.15) is 5.75 Å². The maximum Gasteiger partial charge on any atom is 0.330 e. The van der Waals surface area contributed by atoms with Crippen molar-refractivity contribution in [2.24, 2.45) is 14.1 Å². The number of rotatable bonds is 5. The smallest absolute Gasteiger partial charge is 0.330 e. The van der Waals surface area contributed by atoms with Gasteiger partial charge < -0.3 is 14.6 Å². The second-order valence-corrected chi connectivity index (χ2v) is 7.46. The Balaban J connectivity index is 1.68. The second kappa shape index (κ2) is 8.09. The summed E-state index contributed by atoms with van der Waals surface area (Å²) in [6.07, 6.45) is 3.64. The average Bonchev–Trinajstić information content (AvgIpc) is 2.76. The normalized spacial score (nSPS) is 14.1. The summed E-state index contributed by atoms with van der Waals surface area (Å²) in [7, 11) is 3.16. The van der Waals surface area contributed by atoms with E-state index >= 15 is 0 Å². The van der Waals surface area contributed by atoms with Gasteiger partial charge in [0.25, 0.3) is 5.56 Å². The molecule has 2 heterocycles. The molecule has 150 valence electrons. The Bertz CT molecular complexity index is 1130. The van der Waals surface area contributed by atoms with Crippen LogP contribution in [0.5, 0.6) is 5.75 Å². The Morgan fingerprint density at radius 2 is 1.86 bits per heavy atom. The fraction of sp³-hybridized carbons (Fsp3) is 0.304. The van der Waals surface area contributed by atoms with Crippen molar-refractivity contribution >= 4 is 0 Å². The van der Waals surface area contributed by atoms with E-state index in [1.807, 2.05) is 24.3 Å². The Labute approximate surface area is 169 Å². The van der Waals surface area contributed by atoms with Gasteiger partial charge in [0.2, 0.25) is 0 Å². The molecule has 0 radical (unpaired) electrons. The number of fused-ring (bicyclic) bond motifs is 1. The molecule has 2 aromatic carbocycles. The van der Waals surface area contributed by atoms with Crippen molar-refractivity contribution in [3.05, 3.63) is 97.8 Å². The monoisotopic (exact) mass is 391 g/mol. The molecule has 0 amide bonds. The lowest BCUT2D eigenvalue weighted by atomic mass is 9.94. The van der Waals surface area contributed by atoms with Crippen molar-refractivity contribution in [2.45, 2.75) is 25.4 Å². The van der Waals surface area contributed by atoms with Gasteiger partial charge in [0.05, 0.1) is 12.6 Å². The number of aromatic nitrogens is 2. The summed E-state index contributed by atoms with van der Waals surface area (Å²) in [5.41, 5.74) is 3.42. The van der Waals surface area contributed by atoms with Gasteiger partial charge in [-0.2, -0.15) is 0 Å². The van der Waals surface area contributed by atoms with Gasteiger partial charge >= 0.3 is 5.69 Å². The highest BCUT2D eigenvalue weighted by Crippen LogP contribution is 2.30. The lowest BCUT2D eigenvalue weighted by molar-refractivity contribution is 0.288. The summed E-state index contributed by atoms with van der Waals surface area (Å²) >= 11 is 0. The molecule has 4 rings (SSSR count). The molecule has 1 aliphatic heterocycles. The van der Waals surface area contributed by atoms with E-state index < -0.39 is 0 Å². The van der Waals surface area contributed by atoms with Crippen LogP contribution in [0, 0.1) is 0 Å². The molecular formula is C23H25N3O3. The van der Waals surface area contributed by atoms with Crippen LogP contribution in [0.4, 0.5) is 0 Å². The molecular weight excluding hydrogens is 366 g/mol. The summed E-state index contributed by atoms with van der Waals surface area (Å²) in [5, 5.41) is 3.52. The van der Waals surface area contributed by atoms with E-state index in [0.29, 0.717) is 12.1 Å². The van der Waals surface area contributed by atoms with Gasteiger partial charge in [0.15, 0.2) is 0 Å². The average molecular weight is 391 g/mol. The number of benzene rings is 2. The topological polar surface area (TPSA) is 65.3 Å². The number of nitrogens with one attached hydrogen (secondary N) is 1. The fourth-order valence-electron chi connectivity index (χ4n) is 3.85. The molecule has 1 aromatic heterocycles. The standard InChI is InChI=1S/C23H25N3O3/c1-25-15-19(22(27)26(2)23(25)28)14-24-21(16-7-4-3-5-8-16)18-10-11-20-17(13-18)9-6-12-29-20/h3-5,7-8,10-11,13,15,21,24H,6,9,12,14H2,1-2H3. The Morgan fingerprint density at radius 3 is 2.66 bits per heavy atom. The van der Waals surface area contributed by atoms with Gasteiger partial charge in [-0.15, -0.1) is 0 Å². The molecule has 0 saturated heterocycles. The van der Waals surface area contributed by atoms with E-state index in [4.69, 9.17) is 4.74 Å². The molecule has 0 saturated carbocycles. The molecule has 1 unspecified atom stereocenters. The van der Waals surface area contributed by atoms with Crippen molar-refractivity contribution in [3.63, 3.8) is 0 Å². The number of aryl methyl sites for hydroxylation is 2. The highest BCUT2D eigenvalue weighted by atomic mass is 16.5. The van der Waals surface area contributed by atoms with Crippen molar-refractivity contribution < 1.29 is 4.74 Å². The van der Waals surface area contributed by atoms with Crippen LogP contribution in [0.25, 0.3) is 0 Å². The van der Waals surface area contributed by atoms with E-state index in [9.17, 15) is 9.59 Å². The highest BCUT2D eigenvalue weighted by molar-refractivity contribution is 5.42. The lowest BCUT2D eigenvalue weighted by Crippen LogP contribution is -2.39. The molecule has 0 bridgehead atoms. The van der Waals surface area contributed by atoms with Gasteiger partial charge in [-0.05, 0) is 35.6 Å². The Hall–Kier alpha value is -3.12. The van der Waals surface area contributed by atoms with Crippen molar-refractivity contribution in [2.75, 3.05) is 6.61 Å². The molecule has 1 aliphatic rings. The first-order valence-corrected chi connectivity index (χ1v) is 9.84. The minimum absolute atomic E-state index is 0.0784. The Morgan fingerprint density at radius 1 is 1.07 bits per heavy atom. The third-order valence-corrected chi connectivity index (χ3v) is 5.41. The van der Waals surface area contributed by atoms with E-state index in [1.54, 1.807) is 13.2 Å². The van der Waals surface area contributed by atoms with Gasteiger partial charge in [-0.25, -0.2) is 4.79 Å². The summed E-state index contributed by atoms with van der Waals surface area (Å²) in [6, 6.07) is 16.4. The van der Waals surface area contributed by atoms with Crippen LogP contribution < -0.4 is 21.3 Å². The number of nitrogens with zero attached hydrogens (tertiary/aromatic N) is 2. The zero-order chi connectivity index (χ0) is 20.4. The van der Waals surface area contributed by atoms with E-state index in [2.05, 4.69) is 29.6 Å². The van der Waals surface area contributed by atoms with Crippen LogP contribution in [-0.4, -0.2) is 15.7 Å².